The molecule has 0 aliphatic carbocycles. The number of anilines is 9. The minimum atomic E-state index is 0. The molecular formula is C52H40IrN10OPt-8. The Hall–Kier alpha value is -6.58. The molecule has 0 amide bonds. The van der Waals surface area contributed by atoms with Crippen molar-refractivity contribution in [2.24, 2.45) is 0 Å². The van der Waals surface area contributed by atoms with Crippen LogP contribution >= 0.6 is 0 Å². The Morgan fingerprint density at radius 2 is 1.05 bits per heavy atom. The van der Waals surface area contributed by atoms with E-state index in [4.69, 9.17) is 4.74 Å². The van der Waals surface area contributed by atoms with E-state index in [0.29, 0.717) is 22.9 Å². The van der Waals surface area contributed by atoms with Gasteiger partial charge < -0.3 is 44.1 Å². The molecule has 65 heavy (non-hydrogen) atoms. The predicted molar refractivity (Wildman–Crippen MR) is 248 cm³/mol. The van der Waals surface area contributed by atoms with Crippen LogP contribution in [-0.2, 0) is 41.2 Å². The van der Waals surface area contributed by atoms with E-state index in [1.165, 1.54) is 0 Å². The van der Waals surface area contributed by atoms with Gasteiger partial charge in [-0.15, -0.1) is 58.8 Å². The largest absolute Gasteiger partial charge is 0.510 e. The van der Waals surface area contributed by atoms with Gasteiger partial charge in [0.15, 0.2) is 0 Å². The van der Waals surface area contributed by atoms with E-state index in [1.807, 2.05) is 111 Å². The summed E-state index contributed by atoms with van der Waals surface area (Å²) in [5.41, 5.74) is 11.0. The molecule has 0 atom stereocenters. The van der Waals surface area contributed by atoms with Gasteiger partial charge in [-0.05, 0) is 69.6 Å². The van der Waals surface area contributed by atoms with Crippen LogP contribution in [0.3, 0.4) is 0 Å². The van der Waals surface area contributed by atoms with Crippen molar-refractivity contribution >= 4 is 51.2 Å². The third-order valence-electron chi connectivity index (χ3n) is 10.7. The molecule has 3 aliphatic rings. The van der Waals surface area contributed by atoms with Crippen LogP contribution in [0.25, 0.3) is 11.4 Å². The molecule has 13 heteroatoms. The molecule has 11 nitrogen and oxygen atoms in total. The van der Waals surface area contributed by atoms with E-state index < -0.39 is 0 Å². The molecule has 0 spiro atoms. The summed E-state index contributed by atoms with van der Waals surface area (Å²) in [6.07, 6.45) is 13.1. The molecule has 3 aliphatic heterocycles. The van der Waals surface area contributed by atoms with E-state index in [2.05, 4.69) is 129 Å². The first-order valence-electron chi connectivity index (χ1n) is 20.7. The van der Waals surface area contributed by atoms with E-state index in [9.17, 15) is 0 Å². The number of unbranched alkanes of at least 4 members (excludes halogenated alkanes) is 1. The molecule has 8 aromatic rings. The summed E-state index contributed by atoms with van der Waals surface area (Å²) in [7, 11) is 2.03. The fourth-order valence-corrected chi connectivity index (χ4v) is 7.72. The second kappa shape index (κ2) is 20.9. The van der Waals surface area contributed by atoms with Crippen molar-refractivity contribution in [1.82, 2.24) is 19.9 Å². The summed E-state index contributed by atoms with van der Waals surface area (Å²) in [6, 6.07) is 55.9. The van der Waals surface area contributed by atoms with E-state index in [0.717, 1.165) is 77.1 Å². The van der Waals surface area contributed by atoms with Crippen LogP contribution in [0.4, 0.5) is 51.2 Å². The number of aromatic nitrogens is 4. The maximum atomic E-state index is 6.01. The molecule has 0 bridgehead atoms. The second-order valence-electron chi connectivity index (χ2n) is 14.8. The summed E-state index contributed by atoms with van der Waals surface area (Å²) in [5.74, 6) is 1.15. The van der Waals surface area contributed by atoms with Crippen molar-refractivity contribution in [3.63, 3.8) is 0 Å². The molecule has 0 N–H and O–H groups in total. The summed E-state index contributed by atoms with van der Waals surface area (Å²) >= 11 is 0. The molecule has 7 heterocycles. The minimum Gasteiger partial charge on any atom is -0.510 e. The molecule has 331 valence electrons. The average Bonchev–Trinajstić information content (AvgIpc) is 4.03. The Morgan fingerprint density at radius 1 is 0.492 bits per heavy atom. The van der Waals surface area contributed by atoms with Crippen LogP contribution in [0.1, 0.15) is 12.8 Å². The van der Waals surface area contributed by atoms with Gasteiger partial charge in [-0.2, -0.15) is 98.9 Å². The van der Waals surface area contributed by atoms with Crippen molar-refractivity contribution in [2.45, 2.75) is 12.8 Å². The predicted octanol–water partition coefficient (Wildman–Crippen LogP) is 10.8. The third-order valence-corrected chi connectivity index (χ3v) is 10.7. The second-order valence-corrected chi connectivity index (χ2v) is 14.8. The summed E-state index contributed by atoms with van der Waals surface area (Å²) < 4.78 is 6.01. The SMILES string of the molecule is CN1[CH-]N(c2[c-]c(Oc3[c-]c(-c4[c-]cccn4)ncc3)ccc2)c2ccccc21.[Ir].[Pt].[c-]1ccccc1N1[CH-]N(CCCCN2[CH-]N(c3[c-]cccc3)c3ccncc32)c2cnccc21. The first-order valence-corrected chi connectivity index (χ1v) is 20.7. The van der Waals surface area contributed by atoms with Crippen molar-refractivity contribution in [2.75, 3.05) is 49.5 Å². The monoisotopic (exact) mass is 1210 g/mol. The fourth-order valence-electron chi connectivity index (χ4n) is 7.72. The Labute approximate surface area is 408 Å². The van der Waals surface area contributed by atoms with Crippen LogP contribution < -0.4 is 34.1 Å². The van der Waals surface area contributed by atoms with Crippen LogP contribution in [0.5, 0.6) is 11.5 Å². The fraction of sp³-hybridized carbons (Fsp3) is 0.0962. The van der Waals surface area contributed by atoms with Crippen LogP contribution in [0, 0.1) is 50.3 Å². The molecule has 0 fully saturated rings. The number of pyridine rings is 4. The Bertz CT molecular complexity index is 2690. The van der Waals surface area contributed by atoms with Crippen LogP contribution in [0.2, 0.25) is 0 Å². The van der Waals surface area contributed by atoms with Gasteiger partial charge in [0.25, 0.3) is 0 Å². The van der Waals surface area contributed by atoms with E-state index >= 15 is 0 Å². The Balaban J connectivity index is 0.000000174. The van der Waals surface area contributed by atoms with Gasteiger partial charge in [0.2, 0.25) is 0 Å². The Kier molecular flexibility index (Phi) is 14.5. The molecule has 1 radical (unpaired) electrons. The van der Waals surface area contributed by atoms with E-state index in [1.54, 1.807) is 24.5 Å². The first-order chi connectivity index (χ1) is 31.2. The van der Waals surface area contributed by atoms with E-state index in [-0.39, 0.29) is 41.2 Å². The zero-order valence-corrected chi connectivity index (χ0v) is 39.8. The smallest absolute Gasteiger partial charge is 0.0497 e. The molecular weight excluding hydrogens is 1170 g/mol. The molecule has 4 aromatic carbocycles. The molecule has 0 unspecified atom stereocenters. The van der Waals surface area contributed by atoms with Crippen molar-refractivity contribution in [1.29, 1.82) is 0 Å². The number of fused-ring (bicyclic) bond motifs is 3. The number of hydrogen-bond donors (Lipinski definition) is 0. The maximum absolute atomic E-state index is 6.01. The van der Waals surface area contributed by atoms with Crippen LogP contribution in [0.15, 0.2) is 159 Å². The van der Waals surface area contributed by atoms with Gasteiger partial charge >= 0.3 is 0 Å². The normalized spacial score (nSPS) is 13.2. The molecule has 0 saturated carbocycles. The van der Waals surface area contributed by atoms with Gasteiger partial charge in [0.05, 0.1) is 0 Å². The van der Waals surface area contributed by atoms with Crippen molar-refractivity contribution < 1.29 is 45.9 Å². The summed E-state index contributed by atoms with van der Waals surface area (Å²) in [4.78, 5) is 30.4. The van der Waals surface area contributed by atoms with Crippen LogP contribution in [-0.4, -0.2) is 40.1 Å². The zero-order chi connectivity index (χ0) is 42.4. The van der Waals surface area contributed by atoms with Gasteiger partial charge in [0.1, 0.15) is 0 Å². The zero-order valence-electron chi connectivity index (χ0n) is 35.1. The molecule has 0 saturated heterocycles. The Morgan fingerprint density at radius 3 is 1.66 bits per heavy atom. The number of ether oxygens (including phenoxy) is 1. The van der Waals surface area contributed by atoms with Gasteiger partial charge in [-0.25, -0.2) is 6.07 Å². The van der Waals surface area contributed by atoms with Gasteiger partial charge in [-0.3, -0.25) is 9.97 Å². The molecule has 11 rings (SSSR count). The number of para-hydroxylation sites is 4. The topological polar surface area (TPSA) is 80.2 Å². The average molecular weight is 1210 g/mol. The standard InChI is InChI=1S/C28H24N6.C24H16N4O.Ir.Pt/c1-3-9-23(10-4-1)33-21-31(27-19-29-15-13-25(27)33)17-7-8-18-32-22-34(24-11-5-2-6-12-24)26-14-16-30-20-28(26)32;1-27-17-28(24-11-3-2-10-23(24)27)18-7-6-8-19(15-18)29-20-12-14-26-22(16-20)21-9-4-5-13-25-21;;/h1-6,9,11,13-16,19-22H,7-8,17-18H2;2-8,10-14,17H,1H3;;/q2*-4;;. The maximum Gasteiger partial charge on any atom is 0.0497 e. The summed E-state index contributed by atoms with van der Waals surface area (Å²) in [5, 5.41) is 0. The number of rotatable bonds is 11. The quantitative estimate of drug-likeness (QED) is 0.0918. The first kappa shape index (κ1) is 45.0. The van der Waals surface area contributed by atoms with Crippen molar-refractivity contribution in [3.8, 4) is 22.9 Å². The number of hydrogen-bond acceptors (Lipinski definition) is 11. The molecule has 4 aromatic heterocycles. The minimum absolute atomic E-state index is 0. The number of nitrogens with zero attached hydrogens (tertiary/aromatic N) is 10. The summed E-state index contributed by atoms with van der Waals surface area (Å²) in [6.45, 7) is 8.20. The van der Waals surface area contributed by atoms with Gasteiger partial charge in [-0.1, -0.05) is 12.1 Å². The van der Waals surface area contributed by atoms with Gasteiger partial charge in [0, 0.05) is 112 Å². The third kappa shape index (κ3) is 9.91. The van der Waals surface area contributed by atoms with Crippen molar-refractivity contribution in [3.05, 3.63) is 209 Å². The number of benzene rings is 4.